The highest BCUT2D eigenvalue weighted by Gasteiger charge is 2.48. The lowest BCUT2D eigenvalue weighted by Gasteiger charge is -2.44. The second-order valence-electron chi connectivity index (χ2n) is 9.85. The fraction of sp³-hybridized carbons (Fsp3) is 0.481. The molecule has 1 N–H and O–H groups in total. The molecule has 1 atom stereocenters. The van der Waals surface area contributed by atoms with Crippen molar-refractivity contribution in [2.24, 2.45) is 0 Å². The number of rotatable bonds is 5. The topological polar surface area (TPSA) is 54.3 Å². The lowest BCUT2D eigenvalue weighted by molar-refractivity contribution is -0.134. The van der Waals surface area contributed by atoms with Gasteiger partial charge in [-0.05, 0) is 44.4 Å². The second-order valence-corrected chi connectivity index (χ2v) is 11.0. The van der Waals surface area contributed by atoms with Gasteiger partial charge in [0.05, 0.1) is 23.3 Å². The average Bonchev–Trinajstić information content (AvgIpc) is 3.26. The second kappa shape index (κ2) is 9.17. The SMILES string of the molecule is CCc1cc2c(cc3n2C[C@](C)(C(=O)NC2CCCCCC2)N(Cc2ccccc2F)C3=O)s1. The molecule has 1 aliphatic carbocycles. The third-order valence-electron chi connectivity index (χ3n) is 7.48. The van der Waals surface area contributed by atoms with Crippen LogP contribution in [0.15, 0.2) is 36.4 Å². The van der Waals surface area contributed by atoms with E-state index in [2.05, 4.69) is 18.3 Å². The molecule has 1 aliphatic heterocycles. The van der Waals surface area contributed by atoms with Gasteiger partial charge in [-0.15, -0.1) is 11.3 Å². The first-order valence-electron chi connectivity index (χ1n) is 12.4. The number of amides is 2. The molecule has 34 heavy (non-hydrogen) atoms. The van der Waals surface area contributed by atoms with E-state index in [1.54, 1.807) is 34.4 Å². The van der Waals surface area contributed by atoms with Gasteiger partial charge in [0.15, 0.2) is 0 Å². The molecular formula is C27H32FN3O2S. The Morgan fingerprint density at radius 1 is 1.18 bits per heavy atom. The van der Waals surface area contributed by atoms with Crippen molar-refractivity contribution < 1.29 is 14.0 Å². The smallest absolute Gasteiger partial charge is 0.271 e. The van der Waals surface area contributed by atoms with E-state index in [1.165, 1.54) is 23.8 Å². The van der Waals surface area contributed by atoms with E-state index in [1.807, 2.05) is 17.6 Å². The van der Waals surface area contributed by atoms with E-state index < -0.39 is 5.54 Å². The zero-order valence-electron chi connectivity index (χ0n) is 19.9. The van der Waals surface area contributed by atoms with E-state index >= 15 is 0 Å². The summed E-state index contributed by atoms with van der Waals surface area (Å²) in [6.07, 6.45) is 7.47. The highest BCUT2D eigenvalue weighted by atomic mass is 32.1. The van der Waals surface area contributed by atoms with Crippen molar-refractivity contribution in [2.45, 2.75) is 83.5 Å². The number of aromatic nitrogens is 1. The molecule has 5 nitrogen and oxygen atoms in total. The van der Waals surface area contributed by atoms with Gasteiger partial charge in [0.25, 0.3) is 5.91 Å². The maximum atomic E-state index is 14.6. The van der Waals surface area contributed by atoms with Gasteiger partial charge in [-0.1, -0.05) is 50.8 Å². The molecule has 5 rings (SSSR count). The molecule has 1 saturated carbocycles. The van der Waals surface area contributed by atoms with Crippen molar-refractivity contribution in [1.82, 2.24) is 14.8 Å². The monoisotopic (exact) mass is 481 g/mol. The van der Waals surface area contributed by atoms with Gasteiger partial charge in [0.2, 0.25) is 5.91 Å². The molecule has 7 heteroatoms. The van der Waals surface area contributed by atoms with Gasteiger partial charge < -0.3 is 14.8 Å². The number of nitrogens with zero attached hydrogens (tertiary/aromatic N) is 2. The summed E-state index contributed by atoms with van der Waals surface area (Å²) in [5.41, 5.74) is 0.863. The van der Waals surface area contributed by atoms with Crippen LogP contribution in [0, 0.1) is 5.82 Å². The Balaban J connectivity index is 1.54. The Bertz CT molecular complexity index is 1220. The van der Waals surface area contributed by atoms with Crippen molar-refractivity contribution >= 4 is 33.4 Å². The molecule has 0 saturated heterocycles. The Hall–Kier alpha value is -2.67. The summed E-state index contributed by atoms with van der Waals surface area (Å²) in [5, 5.41) is 3.27. The normalized spacial score (nSPS) is 21.5. The summed E-state index contributed by atoms with van der Waals surface area (Å²) in [7, 11) is 0. The molecule has 2 aromatic heterocycles. The van der Waals surface area contributed by atoms with Crippen molar-refractivity contribution in [3.05, 3.63) is 58.3 Å². The van der Waals surface area contributed by atoms with Crippen molar-refractivity contribution in [3.8, 4) is 0 Å². The molecule has 180 valence electrons. The van der Waals surface area contributed by atoms with E-state index in [0.717, 1.165) is 42.3 Å². The molecule has 2 aliphatic rings. The number of thiophene rings is 1. The van der Waals surface area contributed by atoms with Crippen LogP contribution < -0.4 is 5.32 Å². The molecule has 2 amide bonds. The Labute approximate surface area is 203 Å². The molecular weight excluding hydrogens is 449 g/mol. The summed E-state index contributed by atoms with van der Waals surface area (Å²) in [4.78, 5) is 30.5. The maximum absolute atomic E-state index is 14.6. The average molecular weight is 482 g/mol. The predicted octanol–water partition coefficient (Wildman–Crippen LogP) is 5.66. The largest absolute Gasteiger partial charge is 0.351 e. The predicted molar refractivity (Wildman–Crippen MR) is 134 cm³/mol. The maximum Gasteiger partial charge on any atom is 0.271 e. The lowest BCUT2D eigenvalue weighted by atomic mass is 9.93. The number of fused-ring (bicyclic) bond motifs is 3. The quantitative estimate of drug-likeness (QED) is 0.478. The minimum absolute atomic E-state index is 0.0547. The molecule has 0 unspecified atom stereocenters. The number of carbonyl (C=O) groups excluding carboxylic acids is 2. The molecule has 0 bridgehead atoms. The molecule has 0 radical (unpaired) electrons. The number of aryl methyl sites for hydroxylation is 1. The summed E-state index contributed by atoms with van der Waals surface area (Å²) in [6.45, 7) is 4.36. The Morgan fingerprint density at radius 3 is 2.62 bits per heavy atom. The van der Waals surface area contributed by atoms with Gasteiger partial charge in [-0.2, -0.15) is 0 Å². The minimum Gasteiger partial charge on any atom is -0.351 e. The summed E-state index contributed by atoms with van der Waals surface area (Å²) in [6, 6.07) is 10.7. The van der Waals surface area contributed by atoms with Crippen LogP contribution in [-0.4, -0.2) is 32.9 Å². The zero-order valence-corrected chi connectivity index (χ0v) is 20.7. The molecule has 1 fully saturated rings. The van der Waals surface area contributed by atoms with Crippen LogP contribution >= 0.6 is 11.3 Å². The van der Waals surface area contributed by atoms with Crippen LogP contribution in [-0.2, 0) is 24.3 Å². The summed E-state index contributed by atoms with van der Waals surface area (Å²) < 4.78 is 17.7. The van der Waals surface area contributed by atoms with Crippen LogP contribution in [0.1, 0.15) is 73.3 Å². The molecule has 1 aromatic carbocycles. The Kier molecular flexibility index (Phi) is 6.23. The van der Waals surface area contributed by atoms with Crippen LogP contribution in [0.2, 0.25) is 0 Å². The van der Waals surface area contributed by atoms with Gasteiger partial charge >= 0.3 is 0 Å². The first-order chi connectivity index (χ1) is 16.4. The molecule has 3 heterocycles. The Morgan fingerprint density at radius 2 is 1.91 bits per heavy atom. The van der Waals surface area contributed by atoms with Gasteiger partial charge in [0.1, 0.15) is 17.1 Å². The minimum atomic E-state index is -1.13. The number of nitrogens with one attached hydrogen (secondary N) is 1. The number of benzene rings is 1. The third-order valence-corrected chi connectivity index (χ3v) is 8.70. The van der Waals surface area contributed by atoms with Crippen molar-refractivity contribution in [1.29, 1.82) is 0 Å². The highest BCUT2D eigenvalue weighted by Crippen LogP contribution is 2.37. The fourth-order valence-corrected chi connectivity index (χ4v) is 6.41. The summed E-state index contributed by atoms with van der Waals surface area (Å²) >= 11 is 1.69. The van der Waals surface area contributed by atoms with E-state index in [9.17, 15) is 14.0 Å². The lowest BCUT2D eigenvalue weighted by Crippen LogP contribution is -2.64. The van der Waals surface area contributed by atoms with Gasteiger partial charge in [0, 0.05) is 16.5 Å². The fourth-order valence-electron chi connectivity index (χ4n) is 5.37. The highest BCUT2D eigenvalue weighted by molar-refractivity contribution is 7.19. The van der Waals surface area contributed by atoms with E-state index in [0.29, 0.717) is 17.8 Å². The number of hydrogen-bond donors (Lipinski definition) is 1. The van der Waals surface area contributed by atoms with Crippen molar-refractivity contribution in [3.63, 3.8) is 0 Å². The van der Waals surface area contributed by atoms with Gasteiger partial charge in [-0.3, -0.25) is 9.59 Å². The standard InChI is InChI=1S/C27H32FN3O2S/c1-3-20-14-22-24(34-20)15-23-25(32)31(16-18-10-8-9-13-21(18)28)27(2,17-30(22)23)26(33)29-19-11-6-4-5-7-12-19/h8-10,13-15,19H,3-7,11-12,16-17H2,1-2H3,(H,29,33)/t27-/m1/s1. The van der Waals surface area contributed by atoms with Crippen LogP contribution in [0.4, 0.5) is 4.39 Å². The van der Waals surface area contributed by atoms with Crippen LogP contribution in [0.3, 0.4) is 0 Å². The molecule has 3 aromatic rings. The summed E-state index contributed by atoms with van der Waals surface area (Å²) in [5.74, 6) is -0.742. The number of hydrogen-bond acceptors (Lipinski definition) is 3. The first-order valence-corrected chi connectivity index (χ1v) is 13.2. The van der Waals surface area contributed by atoms with Crippen LogP contribution in [0.25, 0.3) is 10.2 Å². The first kappa shape index (κ1) is 23.1. The molecule has 0 spiro atoms. The number of halogens is 1. The van der Waals surface area contributed by atoms with Gasteiger partial charge in [-0.25, -0.2) is 4.39 Å². The number of carbonyl (C=O) groups is 2. The van der Waals surface area contributed by atoms with Crippen LogP contribution in [0.5, 0.6) is 0 Å². The van der Waals surface area contributed by atoms with E-state index in [4.69, 9.17) is 0 Å². The third kappa shape index (κ3) is 4.04. The van der Waals surface area contributed by atoms with Crippen molar-refractivity contribution in [2.75, 3.05) is 0 Å². The zero-order chi connectivity index (χ0) is 23.9. The van der Waals surface area contributed by atoms with E-state index in [-0.39, 0.29) is 30.2 Å².